The van der Waals surface area contributed by atoms with Gasteiger partial charge in [0.2, 0.25) is 0 Å². The van der Waals surface area contributed by atoms with Crippen LogP contribution in [0.1, 0.15) is 31.7 Å². The molecule has 4 nitrogen and oxygen atoms in total. The smallest absolute Gasteiger partial charge is 0.272 e. The van der Waals surface area contributed by atoms with Gasteiger partial charge in [0.15, 0.2) is 0 Å². The summed E-state index contributed by atoms with van der Waals surface area (Å²) in [6.45, 7) is 2.23. The highest BCUT2D eigenvalue weighted by Crippen LogP contribution is 2.32. The van der Waals surface area contributed by atoms with Crippen LogP contribution in [0.4, 0.5) is 10.1 Å². The molecular weight excluding hydrogens is 259 g/mol. The van der Waals surface area contributed by atoms with Crippen LogP contribution in [0.3, 0.4) is 0 Å². The Morgan fingerprint density at radius 1 is 1.40 bits per heavy atom. The molecule has 2 rings (SSSR count). The number of hydrogen-bond acceptors (Lipinski definition) is 3. The predicted octanol–water partition coefficient (Wildman–Crippen LogP) is 3.30. The standard InChI is InChI=1S/C15H21FN2O2/c1-10-3-4-15(17-2)12(5-10)6-11-7-13(16)9-14(8-11)18(19)20/h7-10,12,15,17H,3-6H2,1-2H3. The highest BCUT2D eigenvalue weighted by Gasteiger charge is 2.28. The van der Waals surface area contributed by atoms with Gasteiger partial charge in [0.25, 0.3) is 5.69 Å². The maximum Gasteiger partial charge on any atom is 0.272 e. The van der Waals surface area contributed by atoms with Gasteiger partial charge in [-0.2, -0.15) is 0 Å². The molecule has 5 heteroatoms. The average molecular weight is 280 g/mol. The van der Waals surface area contributed by atoms with Gasteiger partial charge in [-0.3, -0.25) is 10.1 Å². The van der Waals surface area contributed by atoms with Gasteiger partial charge in [-0.05, 0) is 56.2 Å². The lowest BCUT2D eigenvalue weighted by Gasteiger charge is -2.34. The zero-order chi connectivity index (χ0) is 14.7. The monoisotopic (exact) mass is 280 g/mol. The number of nitrogens with zero attached hydrogens (tertiary/aromatic N) is 1. The number of nitrogens with one attached hydrogen (secondary N) is 1. The number of rotatable bonds is 4. The van der Waals surface area contributed by atoms with E-state index >= 15 is 0 Å². The van der Waals surface area contributed by atoms with Gasteiger partial charge in [0.1, 0.15) is 5.82 Å². The second-order valence-corrected chi connectivity index (χ2v) is 5.85. The molecule has 0 saturated heterocycles. The van der Waals surface area contributed by atoms with Crippen LogP contribution in [0.2, 0.25) is 0 Å². The summed E-state index contributed by atoms with van der Waals surface area (Å²) in [5.41, 5.74) is 0.556. The molecule has 1 aromatic rings. The Kier molecular flexibility index (Phi) is 4.70. The Bertz CT molecular complexity index is 493. The van der Waals surface area contributed by atoms with Crippen LogP contribution < -0.4 is 5.32 Å². The minimum Gasteiger partial charge on any atom is -0.317 e. The largest absolute Gasteiger partial charge is 0.317 e. The van der Waals surface area contributed by atoms with Crippen LogP contribution in [-0.4, -0.2) is 18.0 Å². The summed E-state index contributed by atoms with van der Waals surface area (Å²) in [6.07, 6.45) is 4.08. The molecule has 0 spiro atoms. The number of non-ortho nitro benzene ring substituents is 1. The van der Waals surface area contributed by atoms with Gasteiger partial charge in [-0.15, -0.1) is 0 Å². The molecule has 110 valence electrons. The molecule has 0 amide bonds. The van der Waals surface area contributed by atoms with E-state index in [-0.39, 0.29) is 5.69 Å². The molecule has 0 aliphatic heterocycles. The molecule has 0 bridgehead atoms. The first-order valence-corrected chi connectivity index (χ1v) is 7.10. The number of nitro groups is 1. The molecule has 3 atom stereocenters. The van der Waals surface area contributed by atoms with E-state index in [0.29, 0.717) is 24.3 Å². The fourth-order valence-electron chi connectivity index (χ4n) is 3.26. The molecule has 1 N–H and O–H groups in total. The Labute approximate surface area is 118 Å². The zero-order valence-electron chi connectivity index (χ0n) is 11.9. The predicted molar refractivity (Wildman–Crippen MR) is 76.1 cm³/mol. The second kappa shape index (κ2) is 6.31. The van der Waals surface area contributed by atoms with Crippen molar-refractivity contribution in [2.75, 3.05) is 7.05 Å². The first kappa shape index (κ1) is 14.9. The maximum atomic E-state index is 13.5. The summed E-state index contributed by atoms with van der Waals surface area (Å²) in [6, 6.07) is 4.30. The number of benzene rings is 1. The molecule has 20 heavy (non-hydrogen) atoms. The molecule has 0 heterocycles. The summed E-state index contributed by atoms with van der Waals surface area (Å²) < 4.78 is 13.5. The van der Waals surface area contributed by atoms with Gasteiger partial charge in [0.05, 0.1) is 11.0 Å². The van der Waals surface area contributed by atoms with Crippen LogP contribution >= 0.6 is 0 Å². The molecule has 0 aromatic heterocycles. The summed E-state index contributed by atoms with van der Waals surface area (Å²) in [5, 5.41) is 14.1. The topological polar surface area (TPSA) is 55.2 Å². The summed E-state index contributed by atoms with van der Waals surface area (Å²) in [7, 11) is 1.95. The van der Waals surface area contributed by atoms with Crippen molar-refractivity contribution >= 4 is 5.69 Å². The highest BCUT2D eigenvalue weighted by atomic mass is 19.1. The molecule has 1 saturated carbocycles. The number of nitro benzene ring substituents is 1. The summed E-state index contributed by atoms with van der Waals surface area (Å²) >= 11 is 0. The van der Waals surface area contributed by atoms with Crippen LogP contribution in [-0.2, 0) is 6.42 Å². The van der Waals surface area contributed by atoms with Crippen LogP contribution in [0.5, 0.6) is 0 Å². The normalized spacial score (nSPS) is 26.4. The van der Waals surface area contributed by atoms with Gasteiger partial charge in [-0.25, -0.2) is 4.39 Å². The molecule has 1 aromatic carbocycles. The van der Waals surface area contributed by atoms with Gasteiger partial charge in [-0.1, -0.05) is 6.92 Å². The van der Waals surface area contributed by atoms with Crippen molar-refractivity contribution < 1.29 is 9.31 Å². The Morgan fingerprint density at radius 2 is 2.15 bits per heavy atom. The third-order valence-corrected chi connectivity index (χ3v) is 4.27. The maximum absolute atomic E-state index is 13.5. The Hall–Kier alpha value is -1.49. The minimum atomic E-state index is -0.536. The Morgan fingerprint density at radius 3 is 2.80 bits per heavy atom. The van der Waals surface area contributed by atoms with E-state index in [4.69, 9.17) is 0 Å². The van der Waals surface area contributed by atoms with Crippen molar-refractivity contribution in [3.05, 3.63) is 39.7 Å². The van der Waals surface area contributed by atoms with Crippen LogP contribution in [0.15, 0.2) is 18.2 Å². The molecule has 1 aliphatic carbocycles. The van der Waals surface area contributed by atoms with E-state index in [0.717, 1.165) is 24.5 Å². The van der Waals surface area contributed by atoms with E-state index in [2.05, 4.69) is 12.2 Å². The highest BCUT2D eigenvalue weighted by molar-refractivity contribution is 5.35. The van der Waals surface area contributed by atoms with Crippen molar-refractivity contribution in [3.63, 3.8) is 0 Å². The van der Waals surface area contributed by atoms with Crippen molar-refractivity contribution in [2.24, 2.45) is 11.8 Å². The van der Waals surface area contributed by atoms with Crippen molar-refractivity contribution in [1.29, 1.82) is 0 Å². The van der Waals surface area contributed by atoms with Gasteiger partial charge in [0, 0.05) is 12.1 Å². The lowest BCUT2D eigenvalue weighted by Crippen LogP contribution is -2.39. The quantitative estimate of drug-likeness (QED) is 0.680. The van der Waals surface area contributed by atoms with Gasteiger partial charge >= 0.3 is 0 Å². The first-order valence-electron chi connectivity index (χ1n) is 7.10. The number of hydrogen-bond donors (Lipinski definition) is 1. The third kappa shape index (κ3) is 3.54. The molecule has 1 aliphatic rings. The fourth-order valence-corrected chi connectivity index (χ4v) is 3.26. The molecule has 1 fully saturated rings. The Balaban J connectivity index is 2.17. The van der Waals surface area contributed by atoms with E-state index in [1.165, 1.54) is 18.6 Å². The van der Waals surface area contributed by atoms with Crippen molar-refractivity contribution in [3.8, 4) is 0 Å². The lowest BCUT2D eigenvalue weighted by atomic mass is 9.76. The second-order valence-electron chi connectivity index (χ2n) is 5.85. The van der Waals surface area contributed by atoms with E-state index in [9.17, 15) is 14.5 Å². The molecular formula is C15H21FN2O2. The minimum absolute atomic E-state index is 0.162. The summed E-state index contributed by atoms with van der Waals surface area (Å²) in [4.78, 5) is 10.3. The van der Waals surface area contributed by atoms with Crippen molar-refractivity contribution in [2.45, 2.75) is 38.6 Å². The molecule has 3 unspecified atom stereocenters. The van der Waals surface area contributed by atoms with Gasteiger partial charge < -0.3 is 5.32 Å². The summed E-state index contributed by atoms with van der Waals surface area (Å²) in [5.74, 6) is 0.539. The van der Waals surface area contributed by atoms with E-state index < -0.39 is 10.7 Å². The van der Waals surface area contributed by atoms with Crippen LogP contribution in [0.25, 0.3) is 0 Å². The molecule has 0 radical (unpaired) electrons. The fraction of sp³-hybridized carbons (Fsp3) is 0.600. The first-order chi connectivity index (χ1) is 9.49. The zero-order valence-corrected chi connectivity index (χ0v) is 11.9. The lowest BCUT2D eigenvalue weighted by molar-refractivity contribution is -0.385. The third-order valence-electron chi connectivity index (χ3n) is 4.27. The van der Waals surface area contributed by atoms with E-state index in [1.54, 1.807) is 0 Å². The SMILES string of the molecule is CNC1CCC(C)CC1Cc1cc(F)cc([N+](=O)[O-])c1. The number of halogens is 1. The van der Waals surface area contributed by atoms with Crippen molar-refractivity contribution in [1.82, 2.24) is 5.32 Å². The van der Waals surface area contributed by atoms with Crippen LogP contribution in [0, 0.1) is 27.8 Å². The average Bonchev–Trinajstić information content (AvgIpc) is 2.38. The van der Waals surface area contributed by atoms with E-state index in [1.807, 2.05) is 7.05 Å².